The molecule has 0 bridgehead atoms. The van der Waals surface area contributed by atoms with Crippen LogP contribution in [0.5, 0.6) is 5.75 Å². The monoisotopic (exact) mass is 253 g/mol. The molecule has 6 nitrogen and oxygen atoms in total. The van der Waals surface area contributed by atoms with Crippen LogP contribution in [0.2, 0.25) is 5.02 Å². The molecule has 0 radical (unpaired) electrons. The zero-order valence-electron chi connectivity index (χ0n) is 9.20. The molecule has 1 aromatic heterocycles. The Morgan fingerprint density at radius 1 is 1.53 bits per heavy atom. The first kappa shape index (κ1) is 11.5. The van der Waals surface area contributed by atoms with Gasteiger partial charge < -0.3 is 15.8 Å². The zero-order chi connectivity index (χ0) is 12.3. The van der Waals surface area contributed by atoms with Gasteiger partial charge in [0, 0.05) is 6.54 Å². The predicted octanol–water partition coefficient (Wildman–Crippen LogP) is 1.66. The molecule has 2 aromatic rings. The number of aromatic nitrogens is 3. The molecule has 0 aliphatic heterocycles. The predicted molar refractivity (Wildman–Crippen MR) is 66.1 cm³/mol. The summed E-state index contributed by atoms with van der Waals surface area (Å²) >= 11 is 6.01. The highest BCUT2D eigenvalue weighted by Crippen LogP contribution is 2.25. The van der Waals surface area contributed by atoms with Crippen LogP contribution in [0.3, 0.4) is 0 Å². The van der Waals surface area contributed by atoms with Crippen molar-refractivity contribution in [3.63, 3.8) is 0 Å². The third kappa shape index (κ3) is 2.79. The lowest BCUT2D eigenvalue weighted by atomic mass is 10.2. The molecule has 7 heteroatoms. The van der Waals surface area contributed by atoms with Gasteiger partial charge in [0.25, 0.3) is 0 Å². The van der Waals surface area contributed by atoms with Crippen LogP contribution in [-0.2, 0) is 6.54 Å². The summed E-state index contributed by atoms with van der Waals surface area (Å²) in [7, 11) is 1.58. The Balaban J connectivity index is 2.02. The number of nitrogens with two attached hydrogens (primary N) is 1. The number of anilines is 2. The molecule has 0 aliphatic carbocycles. The van der Waals surface area contributed by atoms with Gasteiger partial charge in [-0.3, -0.25) is 0 Å². The Kier molecular flexibility index (Phi) is 3.34. The van der Waals surface area contributed by atoms with E-state index in [1.54, 1.807) is 7.11 Å². The normalized spacial score (nSPS) is 10.2. The van der Waals surface area contributed by atoms with Crippen molar-refractivity contribution in [3.05, 3.63) is 28.8 Å². The zero-order valence-corrected chi connectivity index (χ0v) is 9.95. The average Bonchev–Trinajstić information content (AvgIpc) is 2.73. The molecule has 0 fully saturated rings. The maximum atomic E-state index is 6.01. The fraction of sp³-hybridized carbons (Fsp3) is 0.200. The van der Waals surface area contributed by atoms with Crippen LogP contribution in [0.15, 0.2) is 18.2 Å². The molecule has 0 spiro atoms. The summed E-state index contributed by atoms with van der Waals surface area (Å²) in [6.45, 7) is 0.557. The first-order chi connectivity index (χ1) is 8.19. The van der Waals surface area contributed by atoms with Crippen LogP contribution in [0.1, 0.15) is 5.56 Å². The molecule has 0 aliphatic rings. The molecule has 0 saturated heterocycles. The van der Waals surface area contributed by atoms with Crippen molar-refractivity contribution in [1.82, 2.24) is 15.2 Å². The summed E-state index contributed by atoms with van der Waals surface area (Å²) in [5.41, 5.74) is 6.40. The molecule has 90 valence electrons. The molecular formula is C10H12ClN5O. The van der Waals surface area contributed by atoms with Crippen LogP contribution in [0.25, 0.3) is 0 Å². The van der Waals surface area contributed by atoms with E-state index in [1.807, 2.05) is 18.2 Å². The highest BCUT2D eigenvalue weighted by molar-refractivity contribution is 6.32. The van der Waals surface area contributed by atoms with Gasteiger partial charge in [0.2, 0.25) is 11.9 Å². The molecule has 17 heavy (non-hydrogen) atoms. The SMILES string of the molecule is COc1ccc(CNc2n[nH]c(N)n2)cc1Cl. The van der Waals surface area contributed by atoms with Crippen molar-refractivity contribution in [3.8, 4) is 5.75 Å². The third-order valence-corrected chi connectivity index (χ3v) is 2.46. The molecule has 1 aromatic carbocycles. The summed E-state index contributed by atoms with van der Waals surface area (Å²) in [5.74, 6) is 1.38. The number of halogens is 1. The van der Waals surface area contributed by atoms with E-state index in [0.29, 0.717) is 23.3 Å². The number of hydrogen-bond donors (Lipinski definition) is 3. The highest BCUT2D eigenvalue weighted by atomic mass is 35.5. The number of methoxy groups -OCH3 is 1. The van der Waals surface area contributed by atoms with Crippen LogP contribution in [0.4, 0.5) is 11.9 Å². The maximum absolute atomic E-state index is 6.01. The molecule has 0 amide bonds. The minimum Gasteiger partial charge on any atom is -0.495 e. The first-order valence-electron chi connectivity index (χ1n) is 4.93. The van der Waals surface area contributed by atoms with Crippen molar-refractivity contribution in [2.24, 2.45) is 0 Å². The number of nitrogens with zero attached hydrogens (tertiary/aromatic N) is 2. The smallest absolute Gasteiger partial charge is 0.243 e. The Bertz CT molecular complexity index is 513. The second-order valence-electron chi connectivity index (χ2n) is 3.37. The number of rotatable bonds is 4. The van der Waals surface area contributed by atoms with E-state index in [-0.39, 0.29) is 5.95 Å². The van der Waals surface area contributed by atoms with E-state index in [0.717, 1.165) is 5.56 Å². The topological polar surface area (TPSA) is 88.8 Å². The number of nitrogens with one attached hydrogen (secondary N) is 2. The maximum Gasteiger partial charge on any atom is 0.243 e. The van der Waals surface area contributed by atoms with Gasteiger partial charge in [-0.25, -0.2) is 5.10 Å². The van der Waals surface area contributed by atoms with E-state index in [4.69, 9.17) is 22.1 Å². The van der Waals surface area contributed by atoms with Gasteiger partial charge in [0.1, 0.15) is 5.75 Å². The van der Waals surface area contributed by atoms with Crippen LogP contribution < -0.4 is 15.8 Å². The highest BCUT2D eigenvalue weighted by Gasteiger charge is 2.03. The molecule has 2 rings (SSSR count). The molecule has 0 atom stereocenters. The third-order valence-electron chi connectivity index (χ3n) is 2.17. The van der Waals surface area contributed by atoms with E-state index in [1.165, 1.54) is 0 Å². The van der Waals surface area contributed by atoms with Gasteiger partial charge in [0.05, 0.1) is 12.1 Å². The molecule has 4 N–H and O–H groups in total. The van der Waals surface area contributed by atoms with E-state index >= 15 is 0 Å². The van der Waals surface area contributed by atoms with E-state index in [9.17, 15) is 0 Å². The lowest BCUT2D eigenvalue weighted by molar-refractivity contribution is 0.415. The molecule has 1 heterocycles. The fourth-order valence-corrected chi connectivity index (χ4v) is 1.63. The van der Waals surface area contributed by atoms with Gasteiger partial charge in [-0.15, -0.1) is 5.10 Å². The standard InChI is InChI=1S/C10H12ClN5O/c1-17-8-3-2-6(4-7(8)11)5-13-10-14-9(12)15-16-10/h2-4H,5H2,1H3,(H4,12,13,14,15,16). The fourth-order valence-electron chi connectivity index (χ4n) is 1.35. The van der Waals surface area contributed by atoms with Crippen molar-refractivity contribution in [2.45, 2.75) is 6.54 Å². The average molecular weight is 254 g/mol. The Morgan fingerprint density at radius 3 is 2.94 bits per heavy atom. The van der Waals surface area contributed by atoms with Gasteiger partial charge in [-0.1, -0.05) is 17.7 Å². The number of ether oxygens (including phenoxy) is 1. The van der Waals surface area contributed by atoms with Crippen LogP contribution in [0, 0.1) is 0 Å². The van der Waals surface area contributed by atoms with Crippen molar-refractivity contribution in [2.75, 3.05) is 18.2 Å². The number of nitrogen functional groups attached to an aromatic ring is 1. The Hall–Kier alpha value is -1.95. The van der Waals surface area contributed by atoms with Crippen molar-refractivity contribution < 1.29 is 4.74 Å². The summed E-state index contributed by atoms with van der Waals surface area (Å²) in [5, 5.41) is 9.98. The first-order valence-corrected chi connectivity index (χ1v) is 5.31. The quantitative estimate of drug-likeness (QED) is 0.771. The van der Waals surface area contributed by atoms with Gasteiger partial charge in [-0.2, -0.15) is 4.98 Å². The van der Waals surface area contributed by atoms with Gasteiger partial charge in [-0.05, 0) is 17.7 Å². The molecule has 0 unspecified atom stereocenters. The largest absolute Gasteiger partial charge is 0.495 e. The number of aromatic amines is 1. The summed E-state index contributed by atoms with van der Waals surface area (Å²) < 4.78 is 5.07. The summed E-state index contributed by atoms with van der Waals surface area (Å²) in [4.78, 5) is 3.92. The van der Waals surface area contributed by atoms with Crippen LogP contribution in [-0.4, -0.2) is 22.3 Å². The van der Waals surface area contributed by atoms with Gasteiger partial charge >= 0.3 is 0 Å². The number of benzene rings is 1. The minimum absolute atomic E-state index is 0.278. The molecular weight excluding hydrogens is 242 g/mol. The van der Waals surface area contributed by atoms with Crippen LogP contribution >= 0.6 is 11.6 Å². The number of hydrogen-bond acceptors (Lipinski definition) is 5. The Morgan fingerprint density at radius 2 is 2.35 bits per heavy atom. The van der Waals surface area contributed by atoms with Gasteiger partial charge in [0.15, 0.2) is 0 Å². The summed E-state index contributed by atoms with van der Waals surface area (Å²) in [6.07, 6.45) is 0. The van der Waals surface area contributed by atoms with E-state index in [2.05, 4.69) is 20.5 Å². The minimum atomic E-state index is 0.278. The summed E-state index contributed by atoms with van der Waals surface area (Å²) in [6, 6.07) is 5.54. The van der Waals surface area contributed by atoms with Crippen molar-refractivity contribution in [1.29, 1.82) is 0 Å². The second-order valence-corrected chi connectivity index (χ2v) is 3.77. The second kappa shape index (κ2) is 4.92. The number of H-pyrrole nitrogens is 1. The Labute approximate surface area is 103 Å². The lowest BCUT2D eigenvalue weighted by Crippen LogP contribution is -2.01. The molecule has 0 saturated carbocycles. The lowest BCUT2D eigenvalue weighted by Gasteiger charge is -2.06. The van der Waals surface area contributed by atoms with E-state index < -0.39 is 0 Å². The van der Waals surface area contributed by atoms with Crippen molar-refractivity contribution >= 4 is 23.5 Å².